The molecule has 0 radical (unpaired) electrons. The van der Waals surface area contributed by atoms with Crippen LogP contribution in [0.25, 0.3) is 0 Å². The van der Waals surface area contributed by atoms with Crippen LogP contribution in [0.1, 0.15) is 44.6 Å². The first-order valence-corrected chi connectivity index (χ1v) is 7.97. The van der Waals surface area contributed by atoms with Crippen LogP contribution in [-0.2, 0) is 16.1 Å². The Balaban J connectivity index is 1.44. The molecule has 0 amide bonds. The molecule has 0 spiro atoms. The Bertz CT molecular complexity index is 534. The third-order valence-corrected chi connectivity index (χ3v) is 5.17. The van der Waals surface area contributed by atoms with Gasteiger partial charge in [-0.3, -0.25) is 4.79 Å². The van der Waals surface area contributed by atoms with Crippen molar-refractivity contribution in [2.24, 2.45) is 10.8 Å². The van der Waals surface area contributed by atoms with Crippen molar-refractivity contribution < 1.29 is 9.53 Å². The molecule has 0 aliphatic heterocycles. The van der Waals surface area contributed by atoms with Crippen LogP contribution in [0.3, 0.4) is 0 Å². The number of hydrogen-bond acceptors (Lipinski definition) is 2. The molecule has 0 aromatic heterocycles. The lowest BCUT2D eigenvalue weighted by Gasteiger charge is -2.46. The molecule has 1 aromatic rings. The van der Waals surface area contributed by atoms with Crippen molar-refractivity contribution in [2.75, 3.05) is 6.61 Å². The van der Waals surface area contributed by atoms with E-state index in [1.165, 1.54) is 5.56 Å². The topological polar surface area (TPSA) is 26.3 Å². The summed E-state index contributed by atoms with van der Waals surface area (Å²) < 4.78 is 5.75. The Morgan fingerprint density at radius 1 is 1.14 bits per heavy atom. The molecule has 112 valence electrons. The van der Waals surface area contributed by atoms with Gasteiger partial charge in [-0.1, -0.05) is 42.5 Å². The number of carbonyl (C=O) groups excluding carboxylic acids is 1. The van der Waals surface area contributed by atoms with E-state index in [1.807, 2.05) is 18.2 Å². The molecule has 0 N–H and O–H groups in total. The lowest BCUT2D eigenvalue weighted by atomic mass is 9.57. The molecule has 2 heteroatoms. The standard InChI is InChI=1S/C19H24O2/c1-18-9-11-19(12-10-18,14-17(18)20)8-5-13-21-15-16-6-3-2-4-7-16/h2-4,6-7,9,11H,5,8,10,12-15H2,1H3/t18-,19+/m1/s1. The molecule has 1 saturated carbocycles. The fourth-order valence-corrected chi connectivity index (χ4v) is 3.52. The number of hydrogen-bond donors (Lipinski definition) is 0. The zero-order valence-corrected chi connectivity index (χ0v) is 12.8. The summed E-state index contributed by atoms with van der Waals surface area (Å²) in [5.41, 5.74) is 1.19. The zero-order valence-electron chi connectivity index (χ0n) is 12.8. The average molecular weight is 284 g/mol. The lowest BCUT2D eigenvalue weighted by molar-refractivity contribution is -0.132. The van der Waals surface area contributed by atoms with Gasteiger partial charge >= 0.3 is 0 Å². The summed E-state index contributed by atoms with van der Waals surface area (Å²) in [7, 11) is 0. The predicted molar refractivity (Wildman–Crippen MR) is 83.9 cm³/mol. The van der Waals surface area contributed by atoms with Gasteiger partial charge < -0.3 is 4.74 Å². The SMILES string of the molecule is C[C@@]12C=C[C@@](CCCOCc3ccccc3)(CC1)CC2=O. The maximum Gasteiger partial charge on any atom is 0.143 e. The first-order chi connectivity index (χ1) is 10.1. The summed E-state index contributed by atoms with van der Waals surface area (Å²) in [4.78, 5) is 12.2. The normalized spacial score (nSPS) is 30.8. The largest absolute Gasteiger partial charge is 0.377 e. The second kappa shape index (κ2) is 5.76. The Morgan fingerprint density at radius 2 is 1.95 bits per heavy atom. The van der Waals surface area contributed by atoms with Gasteiger partial charge in [0, 0.05) is 18.4 Å². The van der Waals surface area contributed by atoms with Gasteiger partial charge in [0.1, 0.15) is 5.78 Å². The van der Waals surface area contributed by atoms with Crippen molar-refractivity contribution in [3.63, 3.8) is 0 Å². The van der Waals surface area contributed by atoms with E-state index >= 15 is 0 Å². The van der Waals surface area contributed by atoms with E-state index in [-0.39, 0.29) is 10.8 Å². The van der Waals surface area contributed by atoms with E-state index in [9.17, 15) is 4.79 Å². The molecule has 0 heterocycles. The first kappa shape index (κ1) is 14.5. The van der Waals surface area contributed by atoms with Crippen molar-refractivity contribution in [2.45, 2.75) is 45.6 Å². The highest BCUT2D eigenvalue weighted by Gasteiger charge is 2.47. The summed E-state index contributed by atoms with van der Waals surface area (Å²) >= 11 is 0. The third kappa shape index (κ3) is 3.11. The van der Waals surface area contributed by atoms with Crippen LogP contribution in [-0.4, -0.2) is 12.4 Å². The molecule has 0 unspecified atom stereocenters. The summed E-state index contributed by atoms with van der Waals surface area (Å²) in [5, 5.41) is 0. The minimum absolute atomic E-state index is 0.130. The molecule has 0 saturated heterocycles. The van der Waals surface area contributed by atoms with E-state index < -0.39 is 0 Å². The van der Waals surface area contributed by atoms with Crippen molar-refractivity contribution in [1.29, 1.82) is 0 Å². The number of allylic oxidation sites excluding steroid dienone is 2. The van der Waals surface area contributed by atoms with Crippen LogP contribution >= 0.6 is 0 Å². The summed E-state index contributed by atoms with van der Waals surface area (Å²) in [5.74, 6) is 0.432. The van der Waals surface area contributed by atoms with Crippen LogP contribution in [0.4, 0.5) is 0 Å². The number of carbonyl (C=O) groups is 1. The molecular formula is C19H24O2. The molecular weight excluding hydrogens is 260 g/mol. The van der Waals surface area contributed by atoms with E-state index in [4.69, 9.17) is 4.74 Å². The second-order valence-corrected chi connectivity index (χ2v) is 6.85. The van der Waals surface area contributed by atoms with Crippen LogP contribution in [0.5, 0.6) is 0 Å². The minimum atomic E-state index is -0.161. The van der Waals surface area contributed by atoms with Crippen LogP contribution in [0.15, 0.2) is 42.5 Å². The molecule has 21 heavy (non-hydrogen) atoms. The van der Waals surface area contributed by atoms with Crippen molar-refractivity contribution in [3.05, 3.63) is 48.0 Å². The number of Topliss-reactive ketones (excluding diaryl/α,β-unsaturated/α-hetero) is 1. The van der Waals surface area contributed by atoms with Gasteiger partial charge in [0.05, 0.1) is 6.61 Å². The van der Waals surface area contributed by atoms with Gasteiger partial charge in [-0.2, -0.15) is 0 Å². The minimum Gasteiger partial charge on any atom is -0.377 e. The Hall–Kier alpha value is -1.41. The highest BCUT2D eigenvalue weighted by Crippen LogP contribution is 2.52. The van der Waals surface area contributed by atoms with Gasteiger partial charge in [0.25, 0.3) is 0 Å². The maximum atomic E-state index is 12.2. The van der Waals surface area contributed by atoms with Crippen molar-refractivity contribution >= 4 is 5.78 Å². The average Bonchev–Trinajstić information content (AvgIpc) is 2.50. The molecule has 1 aromatic carbocycles. The molecule has 2 nitrogen and oxygen atoms in total. The number of ether oxygens (including phenoxy) is 1. The van der Waals surface area contributed by atoms with Gasteiger partial charge in [-0.25, -0.2) is 0 Å². The third-order valence-electron chi connectivity index (χ3n) is 5.17. The number of ketones is 1. The molecule has 4 rings (SSSR count). The highest BCUT2D eigenvalue weighted by atomic mass is 16.5. The van der Waals surface area contributed by atoms with Gasteiger partial charge in [0.2, 0.25) is 0 Å². The van der Waals surface area contributed by atoms with E-state index in [0.717, 1.165) is 38.7 Å². The first-order valence-electron chi connectivity index (χ1n) is 7.97. The van der Waals surface area contributed by atoms with Crippen LogP contribution in [0.2, 0.25) is 0 Å². The van der Waals surface area contributed by atoms with E-state index in [1.54, 1.807) is 0 Å². The highest BCUT2D eigenvalue weighted by molar-refractivity contribution is 5.89. The number of benzene rings is 1. The van der Waals surface area contributed by atoms with E-state index in [2.05, 4.69) is 31.2 Å². The zero-order chi connectivity index (χ0) is 14.8. The summed E-state index contributed by atoms with van der Waals surface area (Å²) in [6.07, 6.45) is 9.49. The van der Waals surface area contributed by atoms with Crippen molar-refractivity contribution in [1.82, 2.24) is 0 Å². The molecule has 3 aliphatic rings. The van der Waals surface area contributed by atoms with Gasteiger partial charge in [-0.15, -0.1) is 0 Å². The van der Waals surface area contributed by atoms with E-state index in [0.29, 0.717) is 12.4 Å². The smallest absolute Gasteiger partial charge is 0.143 e. The fraction of sp³-hybridized carbons (Fsp3) is 0.526. The maximum absolute atomic E-state index is 12.2. The number of fused-ring (bicyclic) bond motifs is 2. The molecule has 2 bridgehead atoms. The monoisotopic (exact) mass is 284 g/mol. The number of rotatable bonds is 6. The Kier molecular flexibility index (Phi) is 3.99. The molecule has 3 aliphatic carbocycles. The summed E-state index contributed by atoms with van der Waals surface area (Å²) in [6.45, 7) is 3.54. The lowest BCUT2D eigenvalue weighted by Crippen LogP contribution is -2.43. The Labute approximate surface area is 127 Å². The quantitative estimate of drug-likeness (QED) is 0.575. The molecule has 1 fully saturated rings. The van der Waals surface area contributed by atoms with Gasteiger partial charge in [0.15, 0.2) is 0 Å². The van der Waals surface area contributed by atoms with Crippen LogP contribution < -0.4 is 0 Å². The fourth-order valence-electron chi connectivity index (χ4n) is 3.52. The van der Waals surface area contributed by atoms with Crippen LogP contribution in [0, 0.1) is 10.8 Å². The van der Waals surface area contributed by atoms with Crippen molar-refractivity contribution in [3.8, 4) is 0 Å². The summed E-state index contributed by atoms with van der Waals surface area (Å²) in [6, 6.07) is 10.3. The Morgan fingerprint density at radius 3 is 2.62 bits per heavy atom. The van der Waals surface area contributed by atoms with Gasteiger partial charge in [-0.05, 0) is 43.6 Å². The molecule has 2 atom stereocenters. The second-order valence-electron chi connectivity index (χ2n) is 6.85. The predicted octanol–water partition coefficient (Wildman–Crippen LogP) is 4.30.